The molecule has 5 rings (SSSR count). The second kappa shape index (κ2) is 9.18. The molecule has 2 heterocycles. The number of aromatic nitrogens is 2. The smallest absolute Gasteiger partial charge is 0.228 e. The van der Waals surface area contributed by atoms with E-state index < -0.39 is 0 Å². The van der Waals surface area contributed by atoms with Crippen LogP contribution in [0, 0.1) is 0 Å². The van der Waals surface area contributed by atoms with E-state index in [1.807, 2.05) is 54.6 Å². The largest absolute Gasteiger partial charge is 0.508 e. The van der Waals surface area contributed by atoms with Crippen molar-refractivity contribution in [3.05, 3.63) is 78.9 Å². The fourth-order valence-corrected chi connectivity index (χ4v) is 3.80. The Bertz CT molecular complexity index is 1260. The van der Waals surface area contributed by atoms with Crippen LogP contribution in [0.5, 0.6) is 11.5 Å². The summed E-state index contributed by atoms with van der Waals surface area (Å²) in [6, 6.07) is 24.2. The second-order valence-electron chi connectivity index (χ2n) is 7.81. The number of phenolic OH excluding ortho intramolecular Hbond substituents is 2. The number of rotatable bonds is 5. The summed E-state index contributed by atoms with van der Waals surface area (Å²) >= 11 is 0. The summed E-state index contributed by atoms with van der Waals surface area (Å²) in [5.41, 5.74) is 4.02. The quantitative estimate of drug-likeness (QED) is 0.384. The molecule has 3 N–H and O–H groups in total. The van der Waals surface area contributed by atoms with Crippen LogP contribution in [0.2, 0.25) is 0 Å². The number of hydrogen-bond acceptors (Lipinski definition) is 7. The van der Waals surface area contributed by atoms with Crippen molar-refractivity contribution in [1.29, 1.82) is 0 Å². The van der Waals surface area contributed by atoms with Gasteiger partial charge in [0.25, 0.3) is 0 Å². The van der Waals surface area contributed by atoms with Crippen molar-refractivity contribution >= 4 is 17.5 Å². The Balaban J connectivity index is 1.54. The molecule has 0 radical (unpaired) electrons. The minimum atomic E-state index is 0.125. The van der Waals surface area contributed by atoms with Crippen molar-refractivity contribution in [1.82, 2.24) is 9.97 Å². The van der Waals surface area contributed by atoms with Crippen molar-refractivity contribution in [2.45, 2.75) is 0 Å². The van der Waals surface area contributed by atoms with Crippen LogP contribution in [0.25, 0.3) is 22.4 Å². The molecule has 3 aromatic carbocycles. The number of phenols is 2. The van der Waals surface area contributed by atoms with E-state index in [2.05, 4.69) is 10.2 Å². The molecular weight excluding hydrogens is 416 g/mol. The van der Waals surface area contributed by atoms with Gasteiger partial charge < -0.3 is 25.2 Å². The van der Waals surface area contributed by atoms with E-state index in [0.717, 1.165) is 16.7 Å². The lowest BCUT2D eigenvalue weighted by Gasteiger charge is -2.27. The standard InChI is InChI=1S/C26H24N4O3/c31-21-8-4-7-20(15-21)22-17-25(29-26(28-22)30-11-13-33-14-12-30)27-23-16-19(9-10-24(23)32)18-5-2-1-3-6-18/h1-10,15-17,31-32H,11-14H2,(H,27,28,29). The van der Waals surface area contributed by atoms with Gasteiger partial charge >= 0.3 is 0 Å². The Kier molecular flexibility index (Phi) is 5.78. The van der Waals surface area contributed by atoms with Gasteiger partial charge in [-0.05, 0) is 35.4 Å². The highest BCUT2D eigenvalue weighted by Crippen LogP contribution is 2.33. The fourth-order valence-electron chi connectivity index (χ4n) is 3.80. The molecule has 0 amide bonds. The van der Waals surface area contributed by atoms with Crippen LogP contribution in [0.4, 0.5) is 17.5 Å². The summed E-state index contributed by atoms with van der Waals surface area (Å²) in [6.45, 7) is 2.61. The molecule has 7 nitrogen and oxygen atoms in total. The number of benzene rings is 3. The van der Waals surface area contributed by atoms with Crippen LogP contribution in [0.15, 0.2) is 78.9 Å². The maximum absolute atomic E-state index is 10.5. The lowest BCUT2D eigenvalue weighted by molar-refractivity contribution is 0.122. The van der Waals surface area contributed by atoms with Crippen LogP contribution in [-0.4, -0.2) is 46.5 Å². The molecule has 1 aromatic heterocycles. The minimum Gasteiger partial charge on any atom is -0.508 e. The van der Waals surface area contributed by atoms with Gasteiger partial charge in [0, 0.05) is 24.7 Å². The predicted molar refractivity (Wildman–Crippen MR) is 129 cm³/mol. The Morgan fingerprint density at radius 1 is 0.758 bits per heavy atom. The van der Waals surface area contributed by atoms with Crippen molar-refractivity contribution in [3.8, 4) is 33.9 Å². The molecular formula is C26H24N4O3. The van der Waals surface area contributed by atoms with E-state index in [4.69, 9.17) is 14.7 Å². The lowest BCUT2D eigenvalue weighted by atomic mass is 10.0. The van der Waals surface area contributed by atoms with E-state index in [0.29, 0.717) is 49.5 Å². The Morgan fingerprint density at radius 3 is 2.33 bits per heavy atom. The zero-order valence-electron chi connectivity index (χ0n) is 18.0. The zero-order valence-corrected chi connectivity index (χ0v) is 18.0. The molecule has 0 unspecified atom stereocenters. The summed E-state index contributed by atoms with van der Waals surface area (Å²) < 4.78 is 5.47. The normalized spacial score (nSPS) is 13.6. The third-order valence-electron chi connectivity index (χ3n) is 5.52. The van der Waals surface area contributed by atoms with Gasteiger partial charge in [-0.3, -0.25) is 0 Å². The number of nitrogens with one attached hydrogen (secondary N) is 1. The average molecular weight is 441 g/mol. The highest BCUT2D eigenvalue weighted by Gasteiger charge is 2.17. The van der Waals surface area contributed by atoms with Gasteiger partial charge in [0.05, 0.1) is 24.6 Å². The molecule has 1 aliphatic heterocycles. The third-order valence-corrected chi connectivity index (χ3v) is 5.52. The van der Waals surface area contributed by atoms with Crippen molar-refractivity contribution in [3.63, 3.8) is 0 Å². The van der Waals surface area contributed by atoms with Crippen LogP contribution in [0.3, 0.4) is 0 Å². The maximum atomic E-state index is 10.5. The van der Waals surface area contributed by atoms with Crippen molar-refractivity contribution in [2.24, 2.45) is 0 Å². The van der Waals surface area contributed by atoms with Gasteiger partial charge in [0.1, 0.15) is 17.3 Å². The first kappa shape index (κ1) is 20.8. The fraction of sp³-hybridized carbons (Fsp3) is 0.154. The summed E-state index contributed by atoms with van der Waals surface area (Å²) in [6.07, 6.45) is 0. The first-order chi connectivity index (χ1) is 16.2. The predicted octanol–water partition coefficient (Wildman–Crippen LogP) is 4.80. The molecule has 0 spiro atoms. The summed E-state index contributed by atoms with van der Waals surface area (Å²) in [4.78, 5) is 11.5. The first-order valence-corrected chi connectivity index (χ1v) is 10.8. The van der Waals surface area contributed by atoms with E-state index in [1.165, 1.54) is 0 Å². The van der Waals surface area contributed by atoms with E-state index >= 15 is 0 Å². The molecule has 1 fully saturated rings. The topological polar surface area (TPSA) is 90.7 Å². The molecule has 0 saturated carbocycles. The van der Waals surface area contributed by atoms with Crippen molar-refractivity contribution < 1.29 is 14.9 Å². The molecule has 33 heavy (non-hydrogen) atoms. The highest BCUT2D eigenvalue weighted by atomic mass is 16.5. The molecule has 0 bridgehead atoms. The van der Waals surface area contributed by atoms with E-state index in [9.17, 15) is 10.2 Å². The summed E-state index contributed by atoms with van der Waals surface area (Å²) in [5, 5.41) is 23.7. The SMILES string of the molecule is Oc1cccc(-c2cc(Nc3cc(-c4ccccc4)ccc3O)nc(N3CCOCC3)n2)c1. The number of nitrogens with zero attached hydrogens (tertiary/aromatic N) is 3. The number of ether oxygens (including phenoxy) is 1. The number of anilines is 3. The molecule has 7 heteroatoms. The van der Waals surface area contributed by atoms with Gasteiger partial charge in [-0.25, -0.2) is 4.98 Å². The van der Waals surface area contributed by atoms with Gasteiger partial charge in [-0.15, -0.1) is 0 Å². The van der Waals surface area contributed by atoms with Crippen LogP contribution >= 0.6 is 0 Å². The van der Waals surface area contributed by atoms with Crippen LogP contribution < -0.4 is 10.2 Å². The number of aromatic hydroxyl groups is 2. The first-order valence-electron chi connectivity index (χ1n) is 10.8. The van der Waals surface area contributed by atoms with E-state index in [1.54, 1.807) is 24.3 Å². The molecule has 0 aliphatic carbocycles. The molecule has 1 aliphatic rings. The maximum Gasteiger partial charge on any atom is 0.228 e. The van der Waals surface area contributed by atoms with Crippen LogP contribution in [-0.2, 0) is 4.74 Å². The van der Waals surface area contributed by atoms with Crippen LogP contribution in [0.1, 0.15) is 0 Å². The third kappa shape index (κ3) is 4.73. The van der Waals surface area contributed by atoms with Gasteiger partial charge in [-0.2, -0.15) is 4.98 Å². The zero-order chi connectivity index (χ0) is 22.6. The molecule has 166 valence electrons. The summed E-state index contributed by atoms with van der Waals surface area (Å²) in [7, 11) is 0. The van der Waals surface area contributed by atoms with Gasteiger partial charge in [0.2, 0.25) is 5.95 Å². The second-order valence-corrected chi connectivity index (χ2v) is 7.81. The van der Waals surface area contributed by atoms with E-state index in [-0.39, 0.29) is 11.5 Å². The Labute approximate surface area is 192 Å². The molecule has 4 aromatic rings. The number of morpholine rings is 1. The highest BCUT2D eigenvalue weighted by molar-refractivity contribution is 5.76. The lowest BCUT2D eigenvalue weighted by Crippen LogP contribution is -2.37. The average Bonchev–Trinajstić information content (AvgIpc) is 2.86. The monoisotopic (exact) mass is 440 g/mol. The van der Waals surface area contributed by atoms with Gasteiger partial charge in [-0.1, -0.05) is 48.5 Å². The van der Waals surface area contributed by atoms with Crippen molar-refractivity contribution in [2.75, 3.05) is 36.5 Å². The minimum absolute atomic E-state index is 0.125. The summed E-state index contributed by atoms with van der Waals surface area (Å²) in [5.74, 6) is 1.41. The number of hydrogen-bond donors (Lipinski definition) is 3. The molecule has 0 atom stereocenters. The Morgan fingerprint density at radius 2 is 1.55 bits per heavy atom. The van der Waals surface area contributed by atoms with Gasteiger partial charge in [0.15, 0.2) is 0 Å². The Hall–Kier alpha value is -4.10. The molecule has 1 saturated heterocycles.